The minimum absolute atomic E-state index is 0.128. The van der Waals surface area contributed by atoms with Gasteiger partial charge in [0.25, 0.3) is 5.91 Å². The molecule has 0 aromatic carbocycles. The van der Waals surface area contributed by atoms with Crippen molar-refractivity contribution in [1.29, 1.82) is 0 Å². The summed E-state index contributed by atoms with van der Waals surface area (Å²) in [4.78, 5) is 22.6. The van der Waals surface area contributed by atoms with Gasteiger partial charge in [-0.05, 0) is 24.6 Å². The molecule has 106 valence electrons. The first-order valence-corrected chi connectivity index (χ1v) is 6.28. The molecule has 20 heavy (non-hydrogen) atoms. The summed E-state index contributed by atoms with van der Waals surface area (Å²) >= 11 is 0. The van der Waals surface area contributed by atoms with Gasteiger partial charge in [0.1, 0.15) is 11.5 Å². The second kappa shape index (κ2) is 6.10. The lowest BCUT2D eigenvalue weighted by Crippen LogP contribution is -2.23. The molecule has 2 aromatic rings. The molecule has 1 amide bonds. The topological polar surface area (TPSA) is 92.7 Å². The van der Waals surface area contributed by atoms with E-state index in [2.05, 4.69) is 5.32 Å². The Balaban J connectivity index is 1.97. The Morgan fingerprint density at radius 2 is 2.10 bits per heavy atom. The van der Waals surface area contributed by atoms with Crippen molar-refractivity contribution in [2.45, 2.75) is 26.3 Å². The molecule has 2 heterocycles. The Morgan fingerprint density at radius 1 is 1.30 bits per heavy atom. The number of amides is 1. The van der Waals surface area contributed by atoms with Crippen LogP contribution in [0, 0.1) is 0 Å². The average Bonchev–Trinajstić information content (AvgIpc) is 3.05. The summed E-state index contributed by atoms with van der Waals surface area (Å²) in [7, 11) is 0. The lowest BCUT2D eigenvalue weighted by Gasteiger charge is -2.03. The van der Waals surface area contributed by atoms with E-state index < -0.39 is 5.97 Å². The molecule has 0 spiro atoms. The zero-order chi connectivity index (χ0) is 14.5. The SMILES string of the molecule is CCCc1occc1C(=O)NCc1ccc(C(=O)O)o1. The maximum Gasteiger partial charge on any atom is 0.371 e. The van der Waals surface area contributed by atoms with Crippen LogP contribution in [-0.2, 0) is 13.0 Å². The summed E-state index contributed by atoms with van der Waals surface area (Å²) in [5.41, 5.74) is 0.497. The van der Waals surface area contributed by atoms with Crippen LogP contribution in [0.15, 0.2) is 33.3 Å². The zero-order valence-electron chi connectivity index (χ0n) is 11.0. The van der Waals surface area contributed by atoms with Gasteiger partial charge < -0.3 is 19.3 Å². The molecule has 0 aliphatic heterocycles. The van der Waals surface area contributed by atoms with Crippen LogP contribution in [0.25, 0.3) is 0 Å². The molecular formula is C14H15NO5. The van der Waals surface area contributed by atoms with E-state index in [4.69, 9.17) is 13.9 Å². The summed E-state index contributed by atoms with van der Waals surface area (Å²) in [6.07, 6.45) is 3.06. The summed E-state index contributed by atoms with van der Waals surface area (Å²) < 4.78 is 10.3. The van der Waals surface area contributed by atoms with Crippen LogP contribution < -0.4 is 5.32 Å². The molecule has 6 heteroatoms. The minimum atomic E-state index is -1.14. The lowest BCUT2D eigenvalue weighted by atomic mass is 10.1. The Kier molecular flexibility index (Phi) is 4.24. The minimum Gasteiger partial charge on any atom is -0.475 e. The molecule has 0 radical (unpaired) electrons. The number of carboxylic acid groups (broad SMARTS) is 1. The Morgan fingerprint density at radius 3 is 2.75 bits per heavy atom. The molecule has 2 rings (SSSR count). The smallest absolute Gasteiger partial charge is 0.371 e. The molecule has 2 aromatic heterocycles. The molecule has 0 unspecified atom stereocenters. The van der Waals surface area contributed by atoms with Gasteiger partial charge in [0.05, 0.1) is 18.4 Å². The van der Waals surface area contributed by atoms with E-state index >= 15 is 0 Å². The van der Waals surface area contributed by atoms with Crippen molar-refractivity contribution >= 4 is 11.9 Å². The fraction of sp³-hybridized carbons (Fsp3) is 0.286. The Labute approximate surface area is 115 Å². The molecule has 0 saturated heterocycles. The van der Waals surface area contributed by atoms with Crippen LogP contribution in [0.1, 0.15) is 45.8 Å². The number of nitrogens with one attached hydrogen (secondary N) is 1. The quantitative estimate of drug-likeness (QED) is 0.846. The summed E-state index contributed by atoms with van der Waals surface area (Å²) in [5.74, 6) is -0.519. The van der Waals surface area contributed by atoms with E-state index in [-0.39, 0.29) is 18.2 Å². The van der Waals surface area contributed by atoms with Crippen LogP contribution in [-0.4, -0.2) is 17.0 Å². The van der Waals surface area contributed by atoms with Gasteiger partial charge in [0.2, 0.25) is 5.76 Å². The molecule has 0 aliphatic rings. The van der Waals surface area contributed by atoms with Gasteiger partial charge in [-0.3, -0.25) is 4.79 Å². The maximum atomic E-state index is 12.0. The number of hydrogen-bond acceptors (Lipinski definition) is 4. The number of furan rings is 2. The van der Waals surface area contributed by atoms with E-state index in [1.54, 1.807) is 6.07 Å². The molecule has 0 saturated carbocycles. The number of hydrogen-bond donors (Lipinski definition) is 2. The van der Waals surface area contributed by atoms with Crippen molar-refractivity contribution in [3.63, 3.8) is 0 Å². The number of carbonyl (C=O) groups is 2. The van der Waals surface area contributed by atoms with Gasteiger partial charge in [-0.15, -0.1) is 0 Å². The second-order valence-corrected chi connectivity index (χ2v) is 4.26. The largest absolute Gasteiger partial charge is 0.475 e. The number of rotatable bonds is 6. The lowest BCUT2D eigenvalue weighted by molar-refractivity contribution is 0.0660. The number of carbonyl (C=O) groups excluding carboxylic acids is 1. The van der Waals surface area contributed by atoms with Crippen molar-refractivity contribution in [3.05, 3.63) is 47.3 Å². The van der Waals surface area contributed by atoms with E-state index in [0.29, 0.717) is 23.5 Å². The van der Waals surface area contributed by atoms with E-state index in [1.165, 1.54) is 18.4 Å². The third-order valence-electron chi connectivity index (χ3n) is 2.76. The van der Waals surface area contributed by atoms with Gasteiger partial charge in [0, 0.05) is 6.42 Å². The predicted molar refractivity (Wildman–Crippen MR) is 69.5 cm³/mol. The number of aryl methyl sites for hydroxylation is 1. The standard InChI is InChI=1S/C14H15NO5/c1-2-3-11-10(6-7-19-11)13(16)15-8-9-4-5-12(20-9)14(17)18/h4-7H,2-3,8H2,1H3,(H,15,16)(H,17,18). The van der Waals surface area contributed by atoms with Crippen LogP contribution >= 0.6 is 0 Å². The molecule has 6 nitrogen and oxygen atoms in total. The summed E-state index contributed by atoms with van der Waals surface area (Å²) in [5, 5.41) is 11.4. The third kappa shape index (κ3) is 3.09. The van der Waals surface area contributed by atoms with E-state index in [9.17, 15) is 9.59 Å². The van der Waals surface area contributed by atoms with Crippen molar-refractivity contribution < 1.29 is 23.5 Å². The van der Waals surface area contributed by atoms with Crippen molar-refractivity contribution in [2.75, 3.05) is 0 Å². The molecule has 2 N–H and O–H groups in total. The highest BCUT2D eigenvalue weighted by Gasteiger charge is 2.15. The average molecular weight is 277 g/mol. The fourth-order valence-electron chi connectivity index (χ4n) is 1.81. The maximum absolute atomic E-state index is 12.0. The number of aromatic carboxylic acids is 1. The van der Waals surface area contributed by atoms with Gasteiger partial charge in [0.15, 0.2) is 0 Å². The number of carboxylic acids is 1. The monoisotopic (exact) mass is 277 g/mol. The highest BCUT2D eigenvalue weighted by atomic mass is 16.4. The van der Waals surface area contributed by atoms with Crippen molar-refractivity contribution in [1.82, 2.24) is 5.32 Å². The third-order valence-corrected chi connectivity index (χ3v) is 2.76. The first-order chi connectivity index (χ1) is 9.61. The Hall–Kier alpha value is -2.50. The Bertz CT molecular complexity index is 611. The van der Waals surface area contributed by atoms with Gasteiger partial charge in [-0.2, -0.15) is 0 Å². The second-order valence-electron chi connectivity index (χ2n) is 4.26. The molecular weight excluding hydrogens is 262 g/mol. The fourth-order valence-corrected chi connectivity index (χ4v) is 1.81. The highest BCUT2D eigenvalue weighted by molar-refractivity contribution is 5.95. The highest BCUT2D eigenvalue weighted by Crippen LogP contribution is 2.13. The van der Waals surface area contributed by atoms with E-state index in [1.807, 2.05) is 6.92 Å². The van der Waals surface area contributed by atoms with Gasteiger partial charge >= 0.3 is 5.97 Å². The first kappa shape index (κ1) is 13.9. The van der Waals surface area contributed by atoms with Crippen LogP contribution in [0.4, 0.5) is 0 Å². The summed E-state index contributed by atoms with van der Waals surface area (Å²) in [6.45, 7) is 2.13. The van der Waals surface area contributed by atoms with Crippen LogP contribution in [0.2, 0.25) is 0 Å². The van der Waals surface area contributed by atoms with E-state index in [0.717, 1.165) is 6.42 Å². The van der Waals surface area contributed by atoms with Crippen molar-refractivity contribution in [3.8, 4) is 0 Å². The molecule has 0 fully saturated rings. The van der Waals surface area contributed by atoms with Crippen molar-refractivity contribution in [2.24, 2.45) is 0 Å². The molecule has 0 atom stereocenters. The van der Waals surface area contributed by atoms with Gasteiger partial charge in [-0.1, -0.05) is 6.92 Å². The first-order valence-electron chi connectivity index (χ1n) is 6.28. The van der Waals surface area contributed by atoms with Crippen LogP contribution in [0.5, 0.6) is 0 Å². The normalized spacial score (nSPS) is 10.4. The predicted octanol–water partition coefficient (Wildman–Crippen LogP) is 2.45. The van der Waals surface area contributed by atoms with Gasteiger partial charge in [-0.25, -0.2) is 4.79 Å². The summed E-state index contributed by atoms with van der Waals surface area (Å²) in [6, 6.07) is 4.49. The molecule has 0 bridgehead atoms. The van der Waals surface area contributed by atoms with Crippen LogP contribution in [0.3, 0.4) is 0 Å². The zero-order valence-corrected chi connectivity index (χ0v) is 11.0. The molecule has 0 aliphatic carbocycles.